The summed E-state index contributed by atoms with van der Waals surface area (Å²) in [6.07, 6.45) is 4.46. The topological polar surface area (TPSA) is 53.4 Å². The number of rotatable bonds is 7. The van der Waals surface area contributed by atoms with Crippen LogP contribution in [-0.2, 0) is 6.42 Å². The molecular weight excluding hydrogens is 364 g/mol. The summed E-state index contributed by atoms with van der Waals surface area (Å²) in [4.78, 5) is 18.4. The molecule has 1 saturated carbocycles. The van der Waals surface area contributed by atoms with Crippen LogP contribution in [0.4, 0.5) is 0 Å². The van der Waals surface area contributed by atoms with Gasteiger partial charge in [-0.15, -0.1) is 0 Å². The molecule has 0 spiro atoms. The molecule has 0 aliphatic heterocycles. The number of hydrogen-bond donors (Lipinski definition) is 0. The Labute approximate surface area is 171 Å². The SMILES string of the molecule is CCCCc1ccc(-n2c([C@H]3C[C@H]3C)nc3cc(OC)c(OC)cc3c2=O)cc1. The van der Waals surface area contributed by atoms with Crippen LogP contribution in [0.2, 0.25) is 0 Å². The Bertz CT molecular complexity index is 1090. The van der Waals surface area contributed by atoms with Gasteiger partial charge >= 0.3 is 0 Å². The number of hydrogen-bond acceptors (Lipinski definition) is 4. The second-order valence-electron chi connectivity index (χ2n) is 7.92. The van der Waals surface area contributed by atoms with Gasteiger partial charge in [0, 0.05) is 12.0 Å². The summed E-state index contributed by atoms with van der Waals surface area (Å²) in [5, 5.41) is 0.537. The van der Waals surface area contributed by atoms with E-state index < -0.39 is 0 Å². The van der Waals surface area contributed by atoms with Gasteiger partial charge in [-0.2, -0.15) is 0 Å². The molecule has 1 aromatic heterocycles. The van der Waals surface area contributed by atoms with Gasteiger partial charge in [-0.25, -0.2) is 4.98 Å². The van der Waals surface area contributed by atoms with Crippen LogP contribution in [0.1, 0.15) is 50.4 Å². The van der Waals surface area contributed by atoms with Crippen molar-refractivity contribution in [3.05, 3.63) is 58.1 Å². The second-order valence-corrected chi connectivity index (χ2v) is 7.92. The lowest BCUT2D eigenvalue weighted by atomic mass is 10.1. The van der Waals surface area contributed by atoms with Crippen molar-refractivity contribution in [2.75, 3.05) is 14.2 Å². The van der Waals surface area contributed by atoms with Gasteiger partial charge in [-0.05, 0) is 48.9 Å². The van der Waals surface area contributed by atoms with Crippen molar-refractivity contribution in [1.82, 2.24) is 9.55 Å². The molecule has 1 heterocycles. The van der Waals surface area contributed by atoms with E-state index in [1.165, 1.54) is 18.4 Å². The van der Waals surface area contributed by atoms with E-state index in [9.17, 15) is 4.79 Å². The molecule has 2 atom stereocenters. The Morgan fingerprint density at radius 1 is 1.10 bits per heavy atom. The van der Waals surface area contributed by atoms with Crippen LogP contribution in [0.3, 0.4) is 0 Å². The fourth-order valence-corrected chi connectivity index (χ4v) is 3.90. The summed E-state index contributed by atoms with van der Waals surface area (Å²) in [6, 6.07) is 11.8. The minimum Gasteiger partial charge on any atom is -0.493 e. The first-order chi connectivity index (χ1) is 14.1. The smallest absolute Gasteiger partial charge is 0.266 e. The van der Waals surface area contributed by atoms with E-state index in [0.717, 1.165) is 24.4 Å². The average Bonchev–Trinajstić information content (AvgIpc) is 3.48. The van der Waals surface area contributed by atoms with Crippen molar-refractivity contribution in [3.63, 3.8) is 0 Å². The van der Waals surface area contributed by atoms with Gasteiger partial charge in [0.1, 0.15) is 5.82 Å². The Balaban J connectivity index is 1.89. The average molecular weight is 392 g/mol. The first-order valence-corrected chi connectivity index (χ1v) is 10.3. The van der Waals surface area contributed by atoms with Crippen LogP contribution < -0.4 is 15.0 Å². The Morgan fingerprint density at radius 3 is 2.34 bits per heavy atom. The van der Waals surface area contributed by atoms with E-state index in [-0.39, 0.29) is 5.56 Å². The molecule has 3 aromatic rings. The molecular formula is C24H28N2O3. The van der Waals surface area contributed by atoms with Crippen LogP contribution in [-0.4, -0.2) is 23.8 Å². The maximum atomic E-state index is 13.5. The summed E-state index contributed by atoms with van der Waals surface area (Å²) in [5.74, 6) is 2.80. The molecule has 5 nitrogen and oxygen atoms in total. The maximum Gasteiger partial charge on any atom is 0.266 e. The van der Waals surface area contributed by atoms with Gasteiger partial charge in [0.15, 0.2) is 11.5 Å². The van der Waals surface area contributed by atoms with Gasteiger partial charge in [-0.1, -0.05) is 32.4 Å². The molecule has 1 aliphatic carbocycles. The molecule has 0 bridgehead atoms. The van der Waals surface area contributed by atoms with Crippen LogP contribution in [0.25, 0.3) is 16.6 Å². The first kappa shape index (κ1) is 19.5. The molecule has 0 radical (unpaired) electrons. The molecule has 1 aliphatic rings. The zero-order valence-corrected chi connectivity index (χ0v) is 17.6. The van der Waals surface area contributed by atoms with E-state index >= 15 is 0 Å². The summed E-state index contributed by atoms with van der Waals surface area (Å²) in [5.41, 5.74) is 2.75. The van der Waals surface area contributed by atoms with Gasteiger partial charge in [0.05, 0.1) is 30.8 Å². The van der Waals surface area contributed by atoms with Crippen molar-refractivity contribution in [2.24, 2.45) is 5.92 Å². The highest BCUT2D eigenvalue weighted by molar-refractivity contribution is 5.82. The maximum absolute atomic E-state index is 13.5. The lowest BCUT2D eigenvalue weighted by molar-refractivity contribution is 0.355. The molecule has 0 unspecified atom stereocenters. The van der Waals surface area contributed by atoms with E-state index in [0.29, 0.717) is 34.2 Å². The monoisotopic (exact) mass is 392 g/mol. The van der Waals surface area contributed by atoms with Crippen LogP contribution in [0.5, 0.6) is 11.5 Å². The van der Waals surface area contributed by atoms with Crippen molar-refractivity contribution < 1.29 is 9.47 Å². The predicted octanol–water partition coefficient (Wildman–Crippen LogP) is 4.87. The largest absolute Gasteiger partial charge is 0.493 e. The lowest BCUT2D eigenvalue weighted by Crippen LogP contribution is -2.24. The summed E-state index contributed by atoms with van der Waals surface area (Å²) >= 11 is 0. The van der Waals surface area contributed by atoms with Gasteiger partial charge in [-0.3, -0.25) is 9.36 Å². The zero-order valence-electron chi connectivity index (χ0n) is 17.6. The molecule has 0 N–H and O–H groups in total. The molecule has 1 fully saturated rings. The van der Waals surface area contributed by atoms with Crippen LogP contribution in [0.15, 0.2) is 41.2 Å². The number of unbranched alkanes of at least 4 members (excludes halogenated alkanes) is 1. The summed E-state index contributed by atoms with van der Waals surface area (Å²) < 4.78 is 12.6. The fraction of sp³-hybridized carbons (Fsp3) is 0.417. The Kier molecular flexibility index (Phi) is 5.31. The number of aromatic nitrogens is 2. The molecule has 5 heteroatoms. The molecule has 29 heavy (non-hydrogen) atoms. The van der Waals surface area contributed by atoms with E-state index in [1.807, 2.05) is 12.1 Å². The van der Waals surface area contributed by atoms with Crippen molar-refractivity contribution in [1.29, 1.82) is 0 Å². The van der Waals surface area contributed by atoms with E-state index in [1.54, 1.807) is 30.9 Å². The van der Waals surface area contributed by atoms with Crippen LogP contribution >= 0.6 is 0 Å². The highest BCUT2D eigenvalue weighted by Gasteiger charge is 2.38. The first-order valence-electron chi connectivity index (χ1n) is 10.3. The van der Waals surface area contributed by atoms with Gasteiger partial charge in [0.2, 0.25) is 0 Å². The summed E-state index contributed by atoms with van der Waals surface area (Å²) in [6.45, 7) is 4.40. The number of benzene rings is 2. The zero-order chi connectivity index (χ0) is 20.5. The number of methoxy groups -OCH3 is 2. The van der Waals surface area contributed by atoms with Crippen molar-refractivity contribution >= 4 is 10.9 Å². The van der Waals surface area contributed by atoms with E-state index in [4.69, 9.17) is 14.5 Å². The van der Waals surface area contributed by atoms with Gasteiger partial charge < -0.3 is 9.47 Å². The van der Waals surface area contributed by atoms with Crippen molar-refractivity contribution in [2.45, 2.75) is 45.4 Å². The summed E-state index contributed by atoms with van der Waals surface area (Å²) in [7, 11) is 3.17. The van der Waals surface area contributed by atoms with E-state index in [2.05, 4.69) is 26.0 Å². The normalized spacial score (nSPS) is 18.1. The number of nitrogens with zero attached hydrogens (tertiary/aromatic N) is 2. The van der Waals surface area contributed by atoms with Gasteiger partial charge in [0.25, 0.3) is 5.56 Å². The number of fused-ring (bicyclic) bond motifs is 1. The molecule has 4 rings (SSSR count). The molecule has 0 amide bonds. The molecule has 2 aromatic carbocycles. The highest BCUT2D eigenvalue weighted by atomic mass is 16.5. The third-order valence-corrected chi connectivity index (χ3v) is 5.85. The third-order valence-electron chi connectivity index (χ3n) is 5.85. The minimum absolute atomic E-state index is 0.0636. The standard InChI is InChI=1S/C24H28N2O3/c1-5-6-7-16-8-10-17(11-9-16)26-23(18-12-15(18)2)25-20-14-22(29-4)21(28-3)13-19(20)24(26)27/h8-11,13-15,18H,5-7,12H2,1-4H3/t15-,18+/m1/s1. The second kappa shape index (κ2) is 7.90. The predicted molar refractivity (Wildman–Crippen MR) is 116 cm³/mol. The lowest BCUT2D eigenvalue weighted by Gasteiger charge is -2.15. The Morgan fingerprint density at radius 2 is 1.76 bits per heavy atom. The quantitative estimate of drug-likeness (QED) is 0.576. The Hall–Kier alpha value is -2.82. The number of aryl methyl sites for hydroxylation is 1. The van der Waals surface area contributed by atoms with Crippen molar-refractivity contribution in [3.8, 4) is 17.2 Å². The van der Waals surface area contributed by atoms with Crippen LogP contribution in [0, 0.1) is 5.92 Å². The third kappa shape index (κ3) is 3.61. The minimum atomic E-state index is -0.0636. The fourth-order valence-electron chi connectivity index (χ4n) is 3.90. The highest BCUT2D eigenvalue weighted by Crippen LogP contribution is 2.46. The molecule has 152 valence electrons. The molecule has 0 saturated heterocycles. The number of ether oxygens (including phenoxy) is 2.